The topological polar surface area (TPSA) is 15.3 Å². The lowest BCUT2D eigenvalue weighted by molar-refractivity contribution is 0.207. The van der Waals surface area contributed by atoms with Crippen molar-refractivity contribution in [3.05, 3.63) is 30.3 Å². The number of rotatable bonds is 2. The Morgan fingerprint density at radius 2 is 2.00 bits per heavy atom. The minimum absolute atomic E-state index is 0.520. The molecular weight excluding hydrogens is 172 g/mol. The fourth-order valence-corrected chi connectivity index (χ4v) is 1.98. The molecule has 1 aliphatic rings. The highest BCUT2D eigenvalue weighted by Gasteiger charge is 2.17. The van der Waals surface area contributed by atoms with Crippen LogP contribution in [0, 0.1) is 0 Å². The normalized spacial score (nSPS) is 23.4. The number of piperidine rings is 1. The summed E-state index contributed by atoms with van der Waals surface area (Å²) >= 11 is 0. The maximum absolute atomic E-state index is 3.56. The summed E-state index contributed by atoms with van der Waals surface area (Å²) in [5.74, 6) is 0. The molecule has 2 heteroatoms. The van der Waals surface area contributed by atoms with Gasteiger partial charge in [0.1, 0.15) is 0 Å². The predicted molar refractivity (Wildman–Crippen MR) is 60.3 cm³/mol. The number of anilines is 1. The molecule has 1 unspecified atom stereocenters. The van der Waals surface area contributed by atoms with Crippen LogP contribution in [0.2, 0.25) is 0 Å². The second kappa shape index (κ2) is 4.47. The van der Waals surface area contributed by atoms with E-state index in [1.165, 1.54) is 31.5 Å². The van der Waals surface area contributed by atoms with Crippen LogP contribution >= 0.6 is 0 Å². The number of hydrogen-bond acceptors (Lipinski definition) is 2. The molecule has 1 aromatic carbocycles. The van der Waals surface area contributed by atoms with E-state index < -0.39 is 0 Å². The van der Waals surface area contributed by atoms with Gasteiger partial charge in [-0.2, -0.15) is 0 Å². The van der Waals surface area contributed by atoms with Crippen molar-refractivity contribution in [2.24, 2.45) is 0 Å². The predicted octanol–water partition coefficient (Wildman–Crippen LogP) is 2.54. The highest BCUT2D eigenvalue weighted by molar-refractivity contribution is 5.43. The van der Waals surface area contributed by atoms with E-state index >= 15 is 0 Å². The van der Waals surface area contributed by atoms with Crippen molar-refractivity contribution in [2.75, 3.05) is 18.9 Å². The molecule has 1 heterocycles. The van der Waals surface area contributed by atoms with Gasteiger partial charge in [-0.3, -0.25) is 4.90 Å². The van der Waals surface area contributed by atoms with E-state index in [-0.39, 0.29) is 0 Å². The highest BCUT2D eigenvalue weighted by atomic mass is 15.3. The Bertz CT molecular complexity index is 271. The molecular formula is C12H18N2. The zero-order valence-corrected chi connectivity index (χ0v) is 8.74. The van der Waals surface area contributed by atoms with Crippen LogP contribution in [-0.2, 0) is 0 Å². The highest BCUT2D eigenvalue weighted by Crippen LogP contribution is 2.17. The lowest BCUT2D eigenvalue weighted by atomic mass is 10.1. The molecule has 1 fully saturated rings. The van der Waals surface area contributed by atoms with Crippen LogP contribution in [0.3, 0.4) is 0 Å². The minimum Gasteiger partial charge on any atom is -0.370 e. The average molecular weight is 190 g/mol. The third-order valence-corrected chi connectivity index (χ3v) is 2.88. The largest absolute Gasteiger partial charge is 0.370 e. The third kappa shape index (κ3) is 2.26. The fraction of sp³-hybridized carbons (Fsp3) is 0.500. The number of likely N-dealkylation sites (tertiary alicyclic amines) is 1. The summed E-state index contributed by atoms with van der Waals surface area (Å²) in [5.41, 5.74) is 1.23. The van der Waals surface area contributed by atoms with Crippen molar-refractivity contribution in [3.8, 4) is 0 Å². The van der Waals surface area contributed by atoms with Crippen molar-refractivity contribution in [3.63, 3.8) is 0 Å². The van der Waals surface area contributed by atoms with Gasteiger partial charge in [-0.1, -0.05) is 18.2 Å². The smallest absolute Gasteiger partial charge is 0.0790 e. The van der Waals surface area contributed by atoms with Gasteiger partial charge in [0.15, 0.2) is 0 Å². The molecule has 1 saturated heterocycles. The molecule has 1 atom stereocenters. The van der Waals surface area contributed by atoms with E-state index in [4.69, 9.17) is 0 Å². The first-order chi connectivity index (χ1) is 6.86. The van der Waals surface area contributed by atoms with Crippen LogP contribution in [-0.4, -0.2) is 24.7 Å². The maximum atomic E-state index is 3.56. The Morgan fingerprint density at radius 1 is 1.21 bits per heavy atom. The van der Waals surface area contributed by atoms with Gasteiger partial charge >= 0.3 is 0 Å². The Balaban J connectivity index is 1.96. The second-order valence-corrected chi connectivity index (χ2v) is 4.00. The van der Waals surface area contributed by atoms with Gasteiger partial charge in [0, 0.05) is 5.69 Å². The lowest BCUT2D eigenvalue weighted by Gasteiger charge is -2.33. The van der Waals surface area contributed by atoms with E-state index in [0.717, 1.165) is 0 Å². The van der Waals surface area contributed by atoms with Gasteiger partial charge in [-0.15, -0.1) is 0 Å². The van der Waals surface area contributed by atoms with E-state index in [1.54, 1.807) is 0 Å². The standard InChI is InChI=1S/C12H18N2/c1-14-10-6-5-9-12(14)13-11-7-3-2-4-8-11/h2-4,7-8,12-13H,5-6,9-10H2,1H3. The number of hydrogen-bond donors (Lipinski definition) is 1. The van der Waals surface area contributed by atoms with Crippen LogP contribution in [0.25, 0.3) is 0 Å². The molecule has 0 bridgehead atoms. The Labute approximate surface area is 85.9 Å². The Kier molecular flexibility index (Phi) is 3.04. The molecule has 1 N–H and O–H groups in total. The maximum Gasteiger partial charge on any atom is 0.0790 e. The molecule has 14 heavy (non-hydrogen) atoms. The average Bonchev–Trinajstić information content (AvgIpc) is 2.23. The molecule has 0 saturated carbocycles. The van der Waals surface area contributed by atoms with Gasteiger partial charge in [0.25, 0.3) is 0 Å². The number of benzene rings is 1. The summed E-state index contributed by atoms with van der Waals surface area (Å²) < 4.78 is 0. The van der Waals surface area contributed by atoms with Crippen molar-refractivity contribution >= 4 is 5.69 Å². The SMILES string of the molecule is CN1CCCCC1Nc1ccccc1. The summed E-state index contributed by atoms with van der Waals surface area (Å²) in [4.78, 5) is 2.40. The monoisotopic (exact) mass is 190 g/mol. The second-order valence-electron chi connectivity index (χ2n) is 4.00. The molecule has 76 valence electrons. The van der Waals surface area contributed by atoms with Crippen LogP contribution in [0.4, 0.5) is 5.69 Å². The van der Waals surface area contributed by atoms with Crippen molar-refractivity contribution in [1.29, 1.82) is 0 Å². The Hall–Kier alpha value is -1.02. The van der Waals surface area contributed by atoms with Crippen molar-refractivity contribution in [1.82, 2.24) is 4.90 Å². The zero-order chi connectivity index (χ0) is 9.80. The molecule has 0 spiro atoms. The van der Waals surface area contributed by atoms with Gasteiger partial charge in [0.05, 0.1) is 6.17 Å². The van der Waals surface area contributed by atoms with E-state index in [0.29, 0.717) is 6.17 Å². The first-order valence-corrected chi connectivity index (χ1v) is 5.38. The molecule has 0 aliphatic carbocycles. The molecule has 1 aromatic rings. The first kappa shape index (κ1) is 9.53. The summed E-state index contributed by atoms with van der Waals surface area (Å²) in [6, 6.07) is 10.5. The molecule has 1 aliphatic heterocycles. The van der Waals surface area contributed by atoms with Crippen LogP contribution < -0.4 is 5.32 Å². The quantitative estimate of drug-likeness (QED) is 0.771. The molecule has 2 rings (SSSR count). The van der Waals surface area contributed by atoms with E-state index in [9.17, 15) is 0 Å². The van der Waals surface area contributed by atoms with Gasteiger partial charge < -0.3 is 5.32 Å². The lowest BCUT2D eigenvalue weighted by Crippen LogP contribution is -2.41. The van der Waals surface area contributed by atoms with Gasteiger partial charge in [0.2, 0.25) is 0 Å². The van der Waals surface area contributed by atoms with Crippen LogP contribution in [0.1, 0.15) is 19.3 Å². The summed E-state index contributed by atoms with van der Waals surface area (Å²) in [5, 5.41) is 3.56. The van der Waals surface area contributed by atoms with E-state index in [2.05, 4.69) is 47.6 Å². The first-order valence-electron chi connectivity index (χ1n) is 5.38. The number of nitrogens with one attached hydrogen (secondary N) is 1. The van der Waals surface area contributed by atoms with E-state index in [1.807, 2.05) is 0 Å². The molecule has 0 radical (unpaired) electrons. The summed E-state index contributed by atoms with van der Waals surface area (Å²) in [6.45, 7) is 1.21. The molecule has 0 aromatic heterocycles. The number of nitrogens with zero attached hydrogens (tertiary/aromatic N) is 1. The Morgan fingerprint density at radius 3 is 2.71 bits per heavy atom. The van der Waals surface area contributed by atoms with Crippen LogP contribution in [0.15, 0.2) is 30.3 Å². The number of para-hydroxylation sites is 1. The fourth-order valence-electron chi connectivity index (χ4n) is 1.98. The van der Waals surface area contributed by atoms with Crippen molar-refractivity contribution < 1.29 is 0 Å². The van der Waals surface area contributed by atoms with Gasteiger partial charge in [-0.25, -0.2) is 0 Å². The van der Waals surface area contributed by atoms with Crippen LogP contribution in [0.5, 0.6) is 0 Å². The molecule has 2 nitrogen and oxygen atoms in total. The van der Waals surface area contributed by atoms with Gasteiger partial charge in [-0.05, 0) is 45.0 Å². The zero-order valence-electron chi connectivity index (χ0n) is 8.74. The van der Waals surface area contributed by atoms with Crippen molar-refractivity contribution in [2.45, 2.75) is 25.4 Å². The minimum atomic E-state index is 0.520. The molecule has 0 amide bonds. The third-order valence-electron chi connectivity index (χ3n) is 2.88. The summed E-state index contributed by atoms with van der Waals surface area (Å²) in [6.07, 6.45) is 4.45. The summed E-state index contributed by atoms with van der Waals surface area (Å²) in [7, 11) is 2.19.